The normalized spacial score (nSPS) is 12.4. The molecule has 1 aromatic heterocycles. The number of aryl methyl sites for hydroxylation is 1. The van der Waals surface area contributed by atoms with Crippen LogP contribution in [0.25, 0.3) is 0 Å². The largest absolute Gasteiger partial charge is 0.241 e. The number of sulfonamides is 1. The van der Waals surface area contributed by atoms with E-state index in [1.54, 1.807) is 18.2 Å². The highest BCUT2D eigenvalue weighted by Crippen LogP contribution is 2.19. The van der Waals surface area contributed by atoms with Gasteiger partial charge in [0.25, 0.3) is 0 Å². The Bertz CT molecular complexity index is 859. The molecule has 0 aliphatic heterocycles. The van der Waals surface area contributed by atoms with Gasteiger partial charge in [0.1, 0.15) is 0 Å². The summed E-state index contributed by atoms with van der Waals surface area (Å²) in [5.74, 6) is 0. The maximum absolute atomic E-state index is 12.5. The van der Waals surface area contributed by atoms with Crippen LogP contribution in [0.3, 0.4) is 0 Å². The Morgan fingerprint density at radius 2 is 1.83 bits per heavy atom. The zero-order valence-electron chi connectivity index (χ0n) is 14.5. The lowest BCUT2D eigenvalue weighted by Gasteiger charge is -2.20. The van der Waals surface area contributed by atoms with E-state index < -0.39 is 15.6 Å². The van der Waals surface area contributed by atoms with Gasteiger partial charge in [0.05, 0.1) is 10.6 Å². The average Bonchev–Trinajstić information content (AvgIpc) is 2.42. The van der Waals surface area contributed by atoms with Crippen molar-refractivity contribution in [1.29, 1.82) is 0 Å². The number of hydrogen-bond acceptors (Lipinski definition) is 4. The van der Waals surface area contributed by atoms with Crippen LogP contribution in [-0.2, 0) is 16.4 Å². The zero-order valence-corrected chi connectivity index (χ0v) is 16.1. The molecular formula is C17H22ClN3O2S. The van der Waals surface area contributed by atoms with E-state index >= 15 is 0 Å². The van der Waals surface area contributed by atoms with Crippen molar-refractivity contribution in [2.24, 2.45) is 0 Å². The molecule has 0 radical (unpaired) electrons. The van der Waals surface area contributed by atoms with Crippen LogP contribution in [0.2, 0.25) is 5.28 Å². The van der Waals surface area contributed by atoms with Crippen molar-refractivity contribution in [2.45, 2.75) is 51.5 Å². The van der Waals surface area contributed by atoms with Crippen molar-refractivity contribution in [2.75, 3.05) is 0 Å². The second-order valence-corrected chi connectivity index (χ2v) is 8.85. The first kappa shape index (κ1) is 18.8. The Morgan fingerprint density at radius 1 is 1.17 bits per heavy atom. The molecule has 0 bridgehead atoms. The fourth-order valence-electron chi connectivity index (χ4n) is 2.30. The molecule has 1 heterocycles. The zero-order chi connectivity index (χ0) is 18.1. The third-order valence-corrected chi connectivity index (χ3v) is 5.41. The summed E-state index contributed by atoms with van der Waals surface area (Å²) >= 11 is 5.94. The topological polar surface area (TPSA) is 72.0 Å². The van der Waals surface area contributed by atoms with Gasteiger partial charge in [0, 0.05) is 17.7 Å². The summed E-state index contributed by atoms with van der Waals surface area (Å²) in [6.07, 6.45) is 0.494. The molecule has 2 rings (SSSR count). The van der Waals surface area contributed by atoms with E-state index in [0.29, 0.717) is 6.42 Å². The van der Waals surface area contributed by atoms with Gasteiger partial charge in [-0.3, -0.25) is 0 Å². The van der Waals surface area contributed by atoms with Crippen LogP contribution in [0, 0.1) is 13.8 Å². The smallest absolute Gasteiger partial charge is 0.223 e. The van der Waals surface area contributed by atoms with Gasteiger partial charge >= 0.3 is 0 Å². The van der Waals surface area contributed by atoms with E-state index in [4.69, 9.17) is 11.6 Å². The van der Waals surface area contributed by atoms with Crippen LogP contribution in [0.4, 0.5) is 0 Å². The van der Waals surface area contributed by atoms with Crippen molar-refractivity contribution in [1.82, 2.24) is 14.7 Å². The van der Waals surface area contributed by atoms with Crippen molar-refractivity contribution >= 4 is 21.6 Å². The molecule has 0 saturated heterocycles. The second kappa shape index (κ2) is 6.78. The summed E-state index contributed by atoms with van der Waals surface area (Å²) < 4.78 is 27.6. The number of halogens is 1. The SMILES string of the molecule is Cc1nc(Cl)nc(Cc2cccc(S(=O)(=O)NC(C)(C)C)c2)c1C. The molecule has 7 heteroatoms. The Kier molecular flexibility index (Phi) is 5.32. The van der Waals surface area contributed by atoms with Gasteiger partial charge in [-0.05, 0) is 69.5 Å². The fourth-order valence-corrected chi connectivity index (χ4v) is 4.02. The van der Waals surface area contributed by atoms with Crippen LogP contribution in [0.5, 0.6) is 0 Å². The lowest BCUT2D eigenvalue weighted by Crippen LogP contribution is -2.40. The van der Waals surface area contributed by atoms with Crippen molar-refractivity contribution < 1.29 is 8.42 Å². The number of rotatable bonds is 4. The average molecular weight is 368 g/mol. The molecule has 0 fully saturated rings. The minimum atomic E-state index is -3.57. The van der Waals surface area contributed by atoms with Crippen LogP contribution >= 0.6 is 11.6 Å². The number of aromatic nitrogens is 2. The summed E-state index contributed by atoms with van der Waals surface area (Å²) in [4.78, 5) is 8.63. The Hall–Kier alpha value is -1.50. The van der Waals surface area contributed by atoms with Crippen LogP contribution in [0.15, 0.2) is 29.2 Å². The quantitative estimate of drug-likeness (QED) is 0.840. The van der Waals surface area contributed by atoms with Crippen LogP contribution < -0.4 is 4.72 Å². The fraction of sp³-hybridized carbons (Fsp3) is 0.412. The highest BCUT2D eigenvalue weighted by atomic mass is 35.5. The molecule has 24 heavy (non-hydrogen) atoms. The summed E-state index contributed by atoms with van der Waals surface area (Å²) in [6, 6.07) is 6.86. The van der Waals surface area contributed by atoms with Gasteiger partial charge in [-0.1, -0.05) is 12.1 Å². The second-order valence-electron chi connectivity index (χ2n) is 6.83. The Morgan fingerprint density at radius 3 is 2.46 bits per heavy atom. The molecule has 130 valence electrons. The molecule has 0 unspecified atom stereocenters. The number of nitrogens with one attached hydrogen (secondary N) is 1. The monoisotopic (exact) mass is 367 g/mol. The molecule has 0 atom stereocenters. The third kappa shape index (κ3) is 4.75. The molecule has 2 aromatic rings. The van der Waals surface area contributed by atoms with Gasteiger partial charge in [-0.15, -0.1) is 0 Å². The summed E-state index contributed by atoms with van der Waals surface area (Å²) in [5, 5.41) is 0.200. The number of hydrogen-bond donors (Lipinski definition) is 1. The molecule has 0 aliphatic rings. The predicted octanol–water partition coefficient (Wildman–Crippen LogP) is 3.41. The maximum atomic E-state index is 12.5. The lowest BCUT2D eigenvalue weighted by molar-refractivity contribution is 0.491. The molecule has 0 saturated carbocycles. The van der Waals surface area contributed by atoms with Crippen LogP contribution in [-0.4, -0.2) is 23.9 Å². The van der Waals surface area contributed by atoms with Gasteiger partial charge in [0.2, 0.25) is 15.3 Å². The minimum Gasteiger partial charge on any atom is -0.223 e. The standard InChI is InChI=1S/C17H22ClN3O2S/c1-11-12(2)19-16(18)20-15(11)10-13-7-6-8-14(9-13)24(22,23)21-17(3,4)5/h6-9,21H,10H2,1-5H3. The van der Waals surface area contributed by atoms with E-state index in [1.807, 2.05) is 40.7 Å². The maximum Gasteiger partial charge on any atom is 0.241 e. The van der Waals surface area contributed by atoms with E-state index in [1.165, 1.54) is 0 Å². The molecule has 0 amide bonds. The highest BCUT2D eigenvalue weighted by molar-refractivity contribution is 7.89. The van der Waals surface area contributed by atoms with Crippen LogP contribution in [0.1, 0.15) is 43.3 Å². The first-order valence-electron chi connectivity index (χ1n) is 7.60. The van der Waals surface area contributed by atoms with Gasteiger partial charge < -0.3 is 0 Å². The Labute approximate surface area is 148 Å². The van der Waals surface area contributed by atoms with E-state index in [2.05, 4.69) is 14.7 Å². The molecule has 1 aromatic carbocycles. The van der Waals surface area contributed by atoms with Crippen molar-refractivity contribution in [3.8, 4) is 0 Å². The summed E-state index contributed by atoms with van der Waals surface area (Å²) in [6.45, 7) is 9.24. The van der Waals surface area contributed by atoms with Gasteiger partial charge in [-0.25, -0.2) is 23.1 Å². The first-order valence-corrected chi connectivity index (χ1v) is 9.46. The molecule has 5 nitrogen and oxygen atoms in total. The molecule has 0 aliphatic carbocycles. The Balaban J connectivity index is 2.35. The van der Waals surface area contributed by atoms with E-state index in [9.17, 15) is 8.42 Å². The molecule has 1 N–H and O–H groups in total. The summed E-state index contributed by atoms with van der Waals surface area (Å²) in [7, 11) is -3.57. The number of nitrogens with zero attached hydrogens (tertiary/aromatic N) is 2. The number of benzene rings is 1. The van der Waals surface area contributed by atoms with Gasteiger partial charge in [-0.2, -0.15) is 0 Å². The van der Waals surface area contributed by atoms with Gasteiger partial charge in [0.15, 0.2) is 0 Å². The molecule has 0 spiro atoms. The van der Waals surface area contributed by atoms with Crippen molar-refractivity contribution in [3.63, 3.8) is 0 Å². The summed E-state index contributed by atoms with van der Waals surface area (Å²) in [5.41, 5.74) is 2.89. The van der Waals surface area contributed by atoms with E-state index in [-0.39, 0.29) is 10.2 Å². The molecular weight excluding hydrogens is 346 g/mol. The predicted molar refractivity (Wildman–Crippen MR) is 95.8 cm³/mol. The van der Waals surface area contributed by atoms with Crippen molar-refractivity contribution in [3.05, 3.63) is 52.1 Å². The third-order valence-electron chi connectivity index (χ3n) is 3.48. The first-order chi connectivity index (χ1) is 11.0. The van der Waals surface area contributed by atoms with E-state index in [0.717, 1.165) is 22.5 Å². The highest BCUT2D eigenvalue weighted by Gasteiger charge is 2.22. The minimum absolute atomic E-state index is 0.200. The lowest BCUT2D eigenvalue weighted by atomic mass is 10.1.